The fourth-order valence-electron chi connectivity index (χ4n) is 3.60. The number of nitrogens with zero attached hydrogens (tertiary/aromatic N) is 1. The first-order valence-electron chi connectivity index (χ1n) is 9.07. The van der Waals surface area contributed by atoms with Gasteiger partial charge < -0.3 is 5.32 Å². The molecule has 0 saturated carbocycles. The van der Waals surface area contributed by atoms with E-state index in [1.165, 1.54) is 38.4 Å². The molecule has 134 valence electrons. The number of aromatic nitrogens is 1. The first-order valence-corrected chi connectivity index (χ1v) is 10.3. The molecule has 0 fully saturated rings. The van der Waals surface area contributed by atoms with Crippen LogP contribution in [0.25, 0.3) is 16.8 Å². The topological polar surface area (TPSA) is 17.0 Å². The molecule has 0 atom stereocenters. The molecule has 1 aliphatic heterocycles. The van der Waals surface area contributed by atoms with Crippen LogP contribution in [0, 0.1) is 18.5 Å². The average molecular weight is 381 g/mol. The Kier molecular flexibility index (Phi) is 4.08. The molecular formula is C22H24N2S2. The van der Waals surface area contributed by atoms with Crippen molar-refractivity contribution in [2.75, 3.05) is 5.32 Å². The number of hydrogen-bond acceptors (Lipinski definition) is 3. The zero-order valence-corrected chi connectivity index (χ0v) is 17.6. The van der Waals surface area contributed by atoms with Crippen LogP contribution in [0.5, 0.6) is 0 Å². The highest BCUT2D eigenvalue weighted by Crippen LogP contribution is 2.48. The Morgan fingerprint density at radius 1 is 1.08 bits per heavy atom. The Balaban J connectivity index is 1.97. The molecule has 0 radical (unpaired) electrons. The third-order valence-electron chi connectivity index (χ3n) is 5.31. The van der Waals surface area contributed by atoms with Gasteiger partial charge in [0.05, 0.1) is 16.1 Å². The maximum atomic E-state index is 5.96. The molecule has 1 aromatic heterocycles. The van der Waals surface area contributed by atoms with E-state index in [-0.39, 0.29) is 5.54 Å². The summed E-state index contributed by atoms with van der Waals surface area (Å²) in [6, 6.07) is 13.3. The summed E-state index contributed by atoms with van der Waals surface area (Å²) >= 11 is 7.71. The molecule has 2 heterocycles. The van der Waals surface area contributed by atoms with Crippen LogP contribution in [0.1, 0.15) is 42.3 Å². The van der Waals surface area contributed by atoms with Gasteiger partial charge in [-0.1, -0.05) is 42.8 Å². The highest BCUT2D eigenvalue weighted by atomic mass is 32.1. The van der Waals surface area contributed by atoms with Gasteiger partial charge in [0, 0.05) is 16.8 Å². The highest BCUT2D eigenvalue weighted by molar-refractivity contribution is 7.71. The molecule has 0 unspecified atom stereocenters. The van der Waals surface area contributed by atoms with Gasteiger partial charge in [-0.05, 0) is 75.1 Å². The summed E-state index contributed by atoms with van der Waals surface area (Å²) in [4.78, 5) is 1.30. The van der Waals surface area contributed by atoms with Crippen molar-refractivity contribution in [1.82, 2.24) is 3.96 Å². The number of benzene rings is 2. The van der Waals surface area contributed by atoms with Gasteiger partial charge in [-0.15, -0.1) is 0 Å². The van der Waals surface area contributed by atoms with Gasteiger partial charge in [0.2, 0.25) is 0 Å². The lowest BCUT2D eigenvalue weighted by Gasteiger charge is -2.33. The lowest BCUT2D eigenvalue weighted by molar-refractivity contribution is 0.619. The summed E-state index contributed by atoms with van der Waals surface area (Å²) in [6.45, 7) is 11.0. The number of fused-ring (bicyclic) bond motifs is 3. The SMILES string of the molecule is CCc1ccc(-n2sc3c(c2=S)-c2cc(C)c(C)cc2NC3(C)C)cc1. The minimum Gasteiger partial charge on any atom is -0.375 e. The lowest BCUT2D eigenvalue weighted by Crippen LogP contribution is -2.30. The highest BCUT2D eigenvalue weighted by Gasteiger charge is 2.34. The van der Waals surface area contributed by atoms with Crippen LogP contribution < -0.4 is 5.32 Å². The van der Waals surface area contributed by atoms with Gasteiger partial charge in [0.25, 0.3) is 0 Å². The zero-order chi connectivity index (χ0) is 18.6. The average Bonchev–Trinajstić information content (AvgIpc) is 2.96. The van der Waals surface area contributed by atoms with Crippen LogP contribution >= 0.6 is 23.8 Å². The molecule has 4 rings (SSSR count). The molecule has 0 bridgehead atoms. The molecule has 26 heavy (non-hydrogen) atoms. The largest absolute Gasteiger partial charge is 0.375 e. The molecule has 2 nitrogen and oxygen atoms in total. The van der Waals surface area contributed by atoms with Crippen LogP contribution in [0.15, 0.2) is 36.4 Å². The molecule has 0 saturated heterocycles. The summed E-state index contributed by atoms with van der Waals surface area (Å²) in [6.07, 6.45) is 1.05. The second-order valence-corrected chi connectivity index (χ2v) is 8.99. The number of aryl methyl sites for hydroxylation is 3. The van der Waals surface area contributed by atoms with Crippen molar-refractivity contribution < 1.29 is 0 Å². The number of rotatable bonds is 2. The molecule has 2 aromatic carbocycles. The van der Waals surface area contributed by atoms with E-state index >= 15 is 0 Å². The Hall–Kier alpha value is -1.91. The minimum atomic E-state index is -0.142. The van der Waals surface area contributed by atoms with Crippen LogP contribution in [0.3, 0.4) is 0 Å². The standard InChI is InChI=1S/C22H24N2S2/c1-6-15-7-9-16(10-8-15)24-21(25)19-17-11-13(2)14(3)12-18(17)23-22(4,5)20(19)26-24/h7-12,23H,6H2,1-5H3. The van der Waals surface area contributed by atoms with Crippen LogP contribution in [-0.2, 0) is 12.0 Å². The van der Waals surface area contributed by atoms with Crippen LogP contribution in [0.2, 0.25) is 0 Å². The lowest BCUT2D eigenvalue weighted by atomic mass is 9.88. The Labute approximate surface area is 164 Å². The summed E-state index contributed by atoms with van der Waals surface area (Å²) in [5.74, 6) is 0. The van der Waals surface area contributed by atoms with Crippen molar-refractivity contribution in [1.29, 1.82) is 0 Å². The fourth-order valence-corrected chi connectivity index (χ4v) is 5.25. The molecule has 1 N–H and O–H groups in total. The summed E-state index contributed by atoms with van der Waals surface area (Å²) in [5, 5.41) is 3.72. The first kappa shape index (κ1) is 17.5. The normalized spacial score (nSPS) is 14.5. The van der Waals surface area contributed by atoms with E-state index in [0.717, 1.165) is 16.7 Å². The van der Waals surface area contributed by atoms with E-state index in [4.69, 9.17) is 12.2 Å². The monoisotopic (exact) mass is 380 g/mol. The minimum absolute atomic E-state index is 0.142. The van der Waals surface area contributed by atoms with Crippen molar-refractivity contribution in [3.8, 4) is 16.8 Å². The van der Waals surface area contributed by atoms with Crippen molar-refractivity contribution >= 4 is 29.4 Å². The van der Waals surface area contributed by atoms with Gasteiger partial charge in [-0.2, -0.15) is 0 Å². The fraction of sp³-hybridized carbons (Fsp3) is 0.318. The van der Waals surface area contributed by atoms with Crippen molar-refractivity contribution in [3.63, 3.8) is 0 Å². The summed E-state index contributed by atoms with van der Waals surface area (Å²) in [5.41, 5.74) is 8.58. The van der Waals surface area contributed by atoms with Gasteiger partial charge >= 0.3 is 0 Å². The molecule has 4 heteroatoms. The molecule has 0 spiro atoms. The Morgan fingerprint density at radius 2 is 1.73 bits per heavy atom. The van der Waals surface area contributed by atoms with E-state index in [1.54, 1.807) is 11.5 Å². The predicted molar refractivity (Wildman–Crippen MR) is 115 cm³/mol. The van der Waals surface area contributed by atoms with Crippen molar-refractivity contribution in [2.24, 2.45) is 0 Å². The summed E-state index contributed by atoms with van der Waals surface area (Å²) < 4.78 is 3.11. The van der Waals surface area contributed by atoms with Gasteiger partial charge in [0.15, 0.2) is 0 Å². The zero-order valence-electron chi connectivity index (χ0n) is 15.9. The molecule has 0 aliphatic carbocycles. The third-order valence-corrected chi connectivity index (χ3v) is 7.28. The molecule has 3 aromatic rings. The second-order valence-electron chi connectivity index (χ2n) is 7.65. The Bertz CT molecular complexity index is 1050. The predicted octanol–water partition coefficient (Wildman–Crippen LogP) is 6.78. The maximum Gasteiger partial charge on any atom is 0.129 e. The smallest absolute Gasteiger partial charge is 0.129 e. The maximum absolute atomic E-state index is 5.96. The number of anilines is 1. The molecule has 1 aliphatic rings. The molecule has 0 amide bonds. The van der Waals surface area contributed by atoms with Gasteiger partial charge in [0.1, 0.15) is 4.64 Å². The third kappa shape index (κ3) is 2.63. The van der Waals surface area contributed by atoms with E-state index < -0.39 is 0 Å². The van der Waals surface area contributed by atoms with Gasteiger partial charge in [-0.25, -0.2) is 0 Å². The Morgan fingerprint density at radius 3 is 2.38 bits per heavy atom. The van der Waals surface area contributed by atoms with Crippen LogP contribution in [0.4, 0.5) is 5.69 Å². The molecular weight excluding hydrogens is 356 g/mol. The first-order chi connectivity index (χ1) is 12.3. The summed E-state index contributed by atoms with van der Waals surface area (Å²) in [7, 11) is 0. The van der Waals surface area contributed by atoms with Crippen molar-refractivity contribution in [2.45, 2.75) is 46.6 Å². The van der Waals surface area contributed by atoms with Crippen molar-refractivity contribution in [3.05, 3.63) is 62.6 Å². The number of nitrogens with one attached hydrogen (secondary N) is 1. The van der Waals surface area contributed by atoms with Crippen LogP contribution in [-0.4, -0.2) is 3.96 Å². The van der Waals surface area contributed by atoms with Gasteiger partial charge in [-0.3, -0.25) is 3.96 Å². The van der Waals surface area contributed by atoms with E-state index in [1.807, 2.05) is 0 Å². The second kappa shape index (κ2) is 6.07. The van der Waals surface area contributed by atoms with E-state index in [2.05, 4.69) is 80.3 Å². The quantitative estimate of drug-likeness (QED) is 0.494. The number of hydrogen-bond donors (Lipinski definition) is 1. The van der Waals surface area contributed by atoms with E-state index in [0.29, 0.717) is 0 Å². The van der Waals surface area contributed by atoms with E-state index in [9.17, 15) is 0 Å².